The van der Waals surface area contributed by atoms with Gasteiger partial charge in [0.05, 0.1) is 0 Å². The second kappa shape index (κ2) is 5.48. The molecule has 1 aliphatic rings. The number of benzene rings is 1. The largest absolute Gasteiger partial charge is 0.339 e. The van der Waals surface area contributed by atoms with Gasteiger partial charge in [-0.3, -0.25) is 4.79 Å². The van der Waals surface area contributed by atoms with Gasteiger partial charge in [0, 0.05) is 28.8 Å². The van der Waals surface area contributed by atoms with Crippen LogP contribution in [0.1, 0.15) is 43.1 Å². The first kappa shape index (κ1) is 13.5. The number of hydrogen-bond acceptors (Lipinski definition) is 4. The minimum atomic E-state index is 0.221. The number of rotatable bonds is 2. The predicted octanol–water partition coefficient (Wildman–Crippen LogP) is 4.03. The maximum atomic E-state index is 11.3. The molecule has 0 atom stereocenters. The Kier molecular flexibility index (Phi) is 3.70. The van der Waals surface area contributed by atoms with Crippen LogP contribution < -0.4 is 0 Å². The maximum Gasteiger partial charge on any atom is 0.230 e. The smallest absolute Gasteiger partial charge is 0.230 e. The molecule has 0 radical (unpaired) electrons. The Labute approximate surface area is 125 Å². The molecule has 0 spiro atoms. The van der Waals surface area contributed by atoms with Crippen LogP contribution in [0.25, 0.3) is 11.4 Å². The van der Waals surface area contributed by atoms with Gasteiger partial charge in [-0.25, -0.2) is 0 Å². The lowest BCUT2D eigenvalue weighted by Gasteiger charge is -2.16. The monoisotopic (exact) mass is 334 g/mol. The molecule has 5 heteroatoms. The molecule has 3 rings (SSSR count). The zero-order chi connectivity index (χ0) is 14.1. The van der Waals surface area contributed by atoms with Gasteiger partial charge >= 0.3 is 0 Å². The van der Waals surface area contributed by atoms with Crippen molar-refractivity contribution in [1.82, 2.24) is 10.1 Å². The lowest BCUT2D eigenvalue weighted by atomic mass is 9.88. The molecule has 104 valence electrons. The molecule has 0 unspecified atom stereocenters. The molecule has 1 aromatic carbocycles. The van der Waals surface area contributed by atoms with Gasteiger partial charge in [0.1, 0.15) is 5.78 Å². The van der Waals surface area contributed by atoms with Gasteiger partial charge in [-0.1, -0.05) is 27.2 Å². The number of nitrogens with zero attached hydrogens (tertiary/aromatic N) is 2. The van der Waals surface area contributed by atoms with Crippen molar-refractivity contribution in [1.29, 1.82) is 0 Å². The Hall–Kier alpha value is -1.49. The Bertz CT molecular complexity index is 641. The molecular weight excluding hydrogens is 320 g/mol. The summed E-state index contributed by atoms with van der Waals surface area (Å²) < 4.78 is 6.35. The van der Waals surface area contributed by atoms with Gasteiger partial charge in [-0.2, -0.15) is 4.98 Å². The summed E-state index contributed by atoms with van der Waals surface area (Å²) in [6.07, 6.45) is 2.87. The van der Waals surface area contributed by atoms with Crippen molar-refractivity contribution >= 4 is 21.7 Å². The molecule has 4 nitrogen and oxygen atoms in total. The van der Waals surface area contributed by atoms with E-state index in [1.54, 1.807) is 0 Å². The standard InChI is InChI=1S/C15H15BrN2O2/c1-9-2-7-12(13(16)8-9)14-17-15(20-18-14)10-3-5-11(19)6-4-10/h2,7-8,10H,3-6H2,1H3. The van der Waals surface area contributed by atoms with E-state index < -0.39 is 0 Å². The van der Waals surface area contributed by atoms with Gasteiger partial charge in [0.2, 0.25) is 11.7 Å². The van der Waals surface area contributed by atoms with Crippen LogP contribution in [0.5, 0.6) is 0 Å². The van der Waals surface area contributed by atoms with Crippen LogP contribution in [0.2, 0.25) is 0 Å². The van der Waals surface area contributed by atoms with E-state index in [0.29, 0.717) is 30.3 Å². The molecule has 1 heterocycles. The second-order valence-electron chi connectivity index (χ2n) is 5.25. The van der Waals surface area contributed by atoms with Gasteiger partial charge in [-0.15, -0.1) is 0 Å². The zero-order valence-electron chi connectivity index (χ0n) is 11.2. The van der Waals surface area contributed by atoms with Crippen molar-refractivity contribution in [2.75, 3.05) is 0 Å². The normalized spacial score (nSPS) is 16.6. The molecule has 0 saturated heterocycles. The predicted molar refractivity (Wildman–Crippen MR) is 78.4 cm³/mol. The quantitative estimate of drug-likeness (QED) is 0.831. The molecule has 2 aromatic rings. The number of hydrogen-bond donors (Lipinski definition) is 0. The fourth-order valence-corrected chi connectivity index (χ4v) is 3.17. The highest BCUT2D eigenvalue weighted by Crippen LogP contribution is 2.33. The molecule has 0 aliphatic heterocycles. The number of aromatic nitrogens is 2. The van der Waals surface area contributed by atoms with Crippen molar-refractivity contribution < 1.29 is 9.32 Å². The summed E-state index contributed by atoms with van der Waals surface area (Å²) in [5.74, 6) is 1.81. The van der Waals surface area contributed by atoms with Crippen molar-refractivity contribution in [2.24, 2.45) is 0 Å². The summed E-state index contributed by atoms with van der Waals surface area (Å²) in [4.78, 5) is 15.8. The van der Waals surface area contributed by atoms with Gasteiger partial charge < -0.3 is 4.52 Å². The Balaban J connectivity index is 1.84. The zero-order valence-corrected chi connectivity index (χ0v) is 12.8. The first-order valence-corrected chi connectivity index (χ1v) is 7.54. The first-order valence-electron chi connectivity index (χ1n) is 6.75. The fraction of sp³-hybridized carbons (Fsp3) is 0.400. The third-order valence-corrected chi connectivity index (χ3v) is 4.36. The third-order valence-electron chi connectivity index (χ3n) is 3.70. The molecule has 1 aliphatic carbocycles. The Morgan fingerprint density at radius 2 is 2.05 bits per heavy atom. The van der Waals surface area contributed by atoms with Crippen LogP contribution in [-0.4, -0.2) is 15.9 Å². The van der Waals surface area contributed by atoms with Crippen molar-refractivity contribution in [3.05, 3.63) is 34.1 Å². The number of halogens is 1. The minimum Gasteiger partial charge on any atom is -0.339 e. The van der Waals surface area contributed by atoms with Crippen LogP contribution in [0, 0.1) is 6.92 Å². The Morgan fingerprint density at radius 1 is 1.30 bits per heavy atom. The summed E-state index contributed by atoms with van der Waals surface area (Å²) in [6, 6.07) is 6.04. The van der Waals surface area contributed by atoms with Crippen molar-refractivity contribution in [3.63, 3.8) is 0 Å². The van der Waals surface area contributed by atoms with E-state index in [1.165, 1.54) is 5.56 Å². The highest BCUT2D eigenvalue weighted by atomic mass is 79.9. The molecule has 1 fully saturated rings. The lowest BCUT2D eigenvalue weighted by molar-refractivity contribution is -0.120. The maximum absolute atomic E-state index is 11.3. The number of carbonyl (C=O) groups excluding carboxylic acids is 1. The molecule has 0 bridgehead atoms. The van der Waals surface area contributed by atoms with Gasteiger partial charge in [-0.05, 0) is 37.5 Å². The van der Waals surface area contributed by atoms with Gasteiger partial charge in [0.15, 0.2) is 0 Å². The summed E-state index contributed by atoms with van der Waals surface area (Å²) in [5, 5.41) is 4.07. The van der Waals surface area contributed by atoms with E-state index in [1.807, 2.05) is 25.1 Å². The second-order valence-corrected chi connectivity index (χ2v) is 6.11. The minimum absolute atomic E-state index is 0.221. The summed E-state index contributed by atoms with van der Waals surface area (Å²) in [5.41, 5.74) is 2.10. The average Bonchev–Trinajstić information content (AvgIpc) is 2.89. The molecule has 20 heavy (non-hydrogen) atoms. The van der Waals surface area contributed by atoms with Crippen LogP contribution in [0.15, 0.2) is 27.2 Å². The summed E-state index contributed by atoms with van der Waals surface area (Å²) >= 11 is 3.53. The molecule has 0 amide bonds. The van der Waals surface area contributed by atoms with E-state index in [-0.39, 0.29) is 5.92 Å². The summed E-state index contributed by atoms with van der Waals surface area (Å²) in [7, 11) is 0. The van der Waals surface area contributed by atoms with Crippen molar-refractivity contribution in [2.45, 2.75) is 38.5 Å². The van der Waals surface area contributed by atoms with E-state index >= 15 is 0 Å². The number of aryl methyl sites for hydroxylation is 1. The van der Waals surface area contributed by atoms with E-state index in [9.17, 15) is 4.79 Å². The average molecular weight is 335 g/mol. The van der Waals surface area contributed by atoms with Crippen molar-refractivity contribution in [3.8, 4) is 11.4 Å². The van der Waals surface area contributed by atoms with E-state index in [0.717, 1.165) is 22.9 Å². The van der Waals surface area contributed by atoms with E-state index in [4.69, 9.17) is 4.52 Å². The molecular formula is C15H15BrN2O2. The van der Waals surface area contributed by atoms with Crippen LogP contribution in [-0.2, 0) is 4.79 Å². The SMILES string of the molecule is Cc1ccc(-c2noc(C3CCC(=O)CC3)n2)c(Br)c1. The topological polar surface area (TPSA) is 56.0 Å². The van der Waals surface area contributed by atoms with Crippen LogP contribution >= 0.6 is 15.9 Å². The highest BCUT2D eigenvalue weighted by molar-refractivity contribution is 9.10. The van der Waals surface area contributed by atoms with Crippen LogP contribution in [0.4, 0.5) is 0 Å². The summed E-state index contributed by atoms with van der Waals surface area (Å²) in [6.45, 7) is 2.04. The fourth-order valence-electron chi connectivity index (χ4n) is 2.50. The molecule has 1 aromatic heterocycles. The number of carbonyl (C=O) groups is 1. The molecule has 1 saturated carbocycles. The Morgan fingerprint density at radius 3 is 2.75 bits per heavy atom. The van der Waals surface area contributed by atoms with E-state index in [2.05, 4.69) is 26.1 Å². The highest BCUT2D eigenvalue weighted by Gasteiger charge is 2.25. The molecule has 0 N–H and O–H groups in total. The first-order chi connectivity index (χ1) is 9.63. The van der Waals surface area contributed by atoms with Crippen LogP contribution in [0.3, 0.4) is 0 Å². The number of Topliss-reactive ketones (excluding diaryl/α,β-unsaturated/α-hetero) is 1. The van der Waals surface area contributed by atoms with Gasteiger partial charge in [0.25, 0.3) is 0 Å². The third kappa shape index (κ3) is 2.68. The lowest BCUT2D eigenvalue weighted by Crippen LogP contribution is -2.12. The number of ketones is 1.